The van der Waals surface area contributed by atoms with Crippen LogP contribution in [-0.4, -0.2) is 10.9 Å². The van der Waals surface area contributed by atoms with Gasteiger partial charge in [0.05, 0.1) is 23.1 Å². The van der Waals surface area contributed by atoms with Crippen LogP contribution in [0.1, 0.15) is 10.4 Å². The number of amides is 1. The molecular formula is C12H8BrClFN3O. The lowest BCUT2D eigenvalue weighted by atomic mass is 10.2. The molecule has 1 amide bonds. The largest absolute Gasteiger partial charge is 0.397 e. The number of anilines is 2. The van der Waals surface area contributed by atoms with Crippen LogP contribution in [-0.2, 0) is 0 Å². The number of carbonyl (C=O) groups excluding carboxylic acids is 1. The van der Waals surface area contributed by atoms with Gasteiger partial charge in [-0.05, 0) is 40.2 Å². The number of pyridine rings is 1. The van der Waals surface area contributed by atoms with Gasteiger partial charge in [0.1, 0.15) is 11.0 Å². The number of aromatic nitrogens is 1. The minimum absolute atomic E-state index is 0.0271. The maximum atomic E-state index is 13.1. The number of rotatable bonds is 2. The average Bonchev–Trinajstić information content (AvgIpc) is 2.36. The second-order valence-corrected chi connectivity index (χ2v) is 4.90. The molecule has 7 heteroatoms. The lowest BCUT2D eigenvalue weighted by molar-refractivity contribution is 0.102. The molecule has 0 saturated carbocycles. The lowest BCUT2D eigenvalue weighted by Crippen LogP contribution is -2.14. The van der Waals surface area contributed by atoms with Crippen LogP contribution in [0.5, 0.6) is 0 Å². The summed E-state index contributed by atoms with van der Waals surface area (Å²) < 4.78 is 13.7. The zero-order valence-corrected chi connectivity index (χ0v) is 11.8. The molecule has 1 heterocycles. The van der Waals surface area contributed by atoms with Crippen molar-refractivity contribution >= 4 is 44.8 Å². The van der Waals surface area contributed by atoms with E-state index in [2.05, 4.69) is 26.2 Å². The topological polar surface area (TPSA) is 68.0 Å². The van der Waals surface area contributed by atoms with Crippen molar-refractivity contribution in [3.8, 4) is 0 Å². The number of hydrogen-bond acceptors (Lipinski definition) is 3. The van der Waals surface area contributed by atoms with Crippen molar-refractivity contribution in [2.45, 2.75) is 0 Å². The van der Waals surface area contributed by atoms with E-state index in [4.69, 9.17) is 17.3 Å². The van der Waals surface area contributed by atoms with Crippen molar-refractivity contribution in [3.63, 3.8) is 0 Å². The molecule has 2 rings (SSSR count). The van der Waals surface area contributed by atoms with Gasteiger partial charge in [0.25, 0.3) is 5.91 Å². The summed E-state index contributed by atoms with van der Waals surface area (Å²) in [5.74, 6) is -0.980. The zero-order chi connectivity index (χ0) is 14.0. The van der Waals surface area contributed by atoms with Crippen LogP contribution < -0.4 is 11.1 Å². The van der Waals surface area contributed by atoms with E-state index in [9.17, 15) is 9.18 Å². The SMILES string of the molecule is Nc1cnc(Cl)c(C(=O)Nc2cc(F)ccc2Br)c1. The van der Waals surface area contributed by atoms with Crippen molar-refractivity contribution in [1.29, 1.82) is 0 Å². The van der Waals surface area contributed by atoms with Gasteiger partial charge in [0.2, 0.25) is 0 Å². The molecule has 0 radical (unpaired) electrons. The zero-order valence-electron chi connectivity index (χ0n) is 9.45. The molecule has 98 valence electrons. The summed E-state index contributed by atoms with van der Waals surface area (Å²) in [6.45, 7) is 0. The van der Waals surface area contributed by atoms with Gasteiger partial charge >= 0.3 is 0 Å². The van der Waals surface area contributed by atoms with Crippen molar-refractivity contribution in [1.82, 2.24) is 4.98 Å². The third-order valence-electron chi connectivity index (χ3n) is 2.28. The normalized spacial score (nSPS) is 10.3. The fraction of sp³-hybridized carbons (Fsp3) is 0. The van der Waals surface area contributed by atoms with Crippen LogP contribution in [0.15, 0.2) is 34.9 Å². The molecule has 0 unspecified atom stereocenters. The molecule has 1 aromatic heterocycles. The summed E-state index contributed by atoms with van der Waals surface area (Å²) in [4.78, 5) is 15.8. The molecule has 0 fully saturated rings. The van der Waals surface area contributed by atoms with E-state index in [0.717, 1.165) is 0 Å². The van der Waals surface area contributed by atoms with E-state index in [1.807, 2.05) is 0 Å². The first kappa shape index (κ1) is 13.8. The first-order chi connectivity index (χ1) is 8.97. The quantitative estimate of drug-likeness (QED) is 0.820. The third kappa shape index (κ3) is 3.21. The fourth-order valence-corrected chi connectivity index (χ4v) is 1.94. The first-order valence-electron chi connectivity index (χ1n) is 5.15. The maximum absolute atomic E-state index is 13.1. The molecule has 0 saturated heterocycles. The van der Waals surface area contributed by atoms with Gasteiger partial charge in [-0.25, -0.2) is 9.37 Å². The number of hydrogen-bond donors (Lipinski definition) is 2. The van der Waals surface area contributed by atoms with Crippen molar-refractivity contribution < 1.29 is 9.18 Å². The van der Waals surface area contributed by atoms with E-state index in [1.54, 1.807) is 0 Å². The van der Waals surface area contributed by atoms with E-state index in [1.165, 1.54) is 30.5 Å². The maximum Gasteiger partial charge on any atom is 0.258 e. The standard InChI is InChI=1S/C12H8BrClFN3O/c13-9-2-1-6(15)3-10(9)18-12(19)8-4-7(16)5-17-11(8)14/h1-5H,16H2,(H,18,19). The highest BCUT2D eigenvalue weighted by atomic mass is 79.9. The number of nitrogen functional groups attached to an aromatic ring is 1. The van der Waals surface area contributed by atoms with E-state index in [0.29, 0.717) is 15.8 Å². The van der Waals surface area contributed by atoms with Crippen LogP contribution in [0, 0.1) is 5.82 Å². The van der Waals surface area contributed by atoms with Gasteiger partial charge in [0.15, 0.2) is 0 Å². The summed E-state index contributed by atoms with van der Waals surface area (Å²) in [5, 5.41) is 2.56. The second-order valence-electron chi connectivity index (χ2n) is 3.69. The molecule has 2 aromatic rings. The Kier molecular flexibility index (Phi) is 4.01. The third-order valence-corrected chi connectivity index (χ3v) is 3.27. The fourth-order valence-electron chi connectivity index (χ4n) is 1.41. The van der Waals surface area contributed by atoms with Crippen LogP contribution >= 0.6 is 27.5 Å². The van der Waals surface area contributed by atoms with E-state index in [-0.39, 0.29) is 10.7 Å². The molecule has 4 nitrogen and oxygen atoms in total. The summed E-state index contributed by atoms with van der Waals surface area (Å²) in [5.41, 5.74) is 6.27. The van der Waals surface area contributed by atoms with Gasteiger partial charge in [-0.1, -0.05) is 11.6 Å². The molecule has 0 aliphatic rings. The van der Waals surface area contributed by atoms with Crippen molar-refractivity contribution in [3.05, 3.63) is 51.5 Å². The lowest BCUT2D eigenvalue weighted by Gasteiger charge is -2.08. The monoisotopic (exact) mass is 343 g/mol. The highest BCUT2D eigenvalue weighted by Gasteiger charge is 2.14. The highest BCUT2D eigenvalue weighted by molar-refractivity contribution is 9.10. The Hall–Kier alpha value is -1.66. The average molecular weight is 345 g/mol. The molecule has 0 bridgehead atoms. The molecule has 0 atom stereocenters. The Bertz CT molecular complexity index is 651. The first-order valence-corrected chi connectivity index (χ1v) is 6.32. The second kappa shape index (κ2) is 5.54. The van der Waals surface area contributed by atoms with Crippen molar-refractivity contribution in [2.24, 2.45) is 0 Å². The van der Waals surface area contributed by atoms with Gasteiger partial charge in [-0.2, -0.15) is 0 Å². The van der Waals surface area contributed by atoms with E-state index >= 15 is 0 Å². The van der Waals surface area contributed by atoms with Gasteiger partial charge in [-0.3, -0.25) is 4.79 Å². The number of benzene rings is 1. The Labute approximate surface area is 121 Å². The molecule has 0 aliphatic heterocycles. The summed E-state index contributed by atoms with van der Waals surface area (Å²) >= 11 is 9.02. The van der Waals surface area contributed by atoms with Crippen LogP contribution in [0.25, 0.3) is 0 Å². The number of carbonyl (C=O) groups is 1. The predicted octanol–water partition coefficient (Wildman–Crippen LogP) is 3.47. The molecule has 19 heavy (non-hydrogen) atoms. The highest BCUT2D eigenvalue weighted by Crippen LogP contribution is 2.24. The minimum atomic E-state index is -0.517. The summed E-state index contributed by atoms with van der Waals surface area (Å²) in [7, 11) is 0. The van der Waals surface area contributed by atoms with Crippen LogP contribution in [0.3, 0.4) is 0 Å². The van der Waals surface area contributed by atoms with E-state index < -0.39 is 11.7 Å². The van der Waals surface area contributed by atoms with Crippen LogP contribution in [0.4, 0.5) is 15.8 Å². The van der Waals surface area contributed by atoms with Crippen LogP contribution in [0.2, 0.25) is 5.15 Å². The number of nitrogens with one attached hydrogen (secondary N) is 1. The summed E-state index contributed by atoms with van der Waals surface area (Å²) in [6.07, 6.45) is 1.34. The number of nitrogens with two attached hydrogens (primary N) is 1. The molecule has 3 N–H and O–H groups in total. The summed E-state index contributed by atoms with van der Waals surface area (Å²) in [6, 6.07) is 5.35. The van der Waals surface area contributed by atoms with Crippen molar-refractivity contribution in [2.75, 3.05) is 11.1 Å². The predicted molar refractivity (Wildman–Crippen MR) is 75.7 cm³/mol. The molecule has 0 spiro atoms. The molecule has 0 aliphatic carbocycles. The molecular weight excluding hydrogens is 337 g/mol. The Morgan fingerprint density at radius 1 is 1.42 bits per heavy atom. The van der Waals surface area contributed by atoms with Gasteiger partial charge in [0, 0.05) is 4.47 Å². The van der Waals surface area contributed by atoms with Gasteiger partial charge in [-0.15, -0.1) is 0 Å². The smallest absolute Gasteiger partial charge is 0.258 e. The molecule has 1 aromatic carbocycles. The van der Waals surface area contributed by atoms with Gasteiger partial charge < -0.3 is 11.1 Å². The Morgan fingerprint density at radius 2 is 2.16 bits per heavy atom. The number of nitrogens with zero attached hydrogens (tertiary/aromatic N) is 1. The Balaban J connectivity index is 2.30. The number of halogens is 3. The Morgan fingerprint density at radius 3 is 2.89 bits per heavy atom. The minimum Gasteiger partial charge on any atom is -0.397 e.